The molecule has 26 heavy (non-hydrogen) atoms. The van der Waals surface area contributed by atoms with Crippen LogP contribution >= 0.6 is 0 Å². The molecular weight excluding hydrogens is 329 g/mol. The molecule has 1 aliphatic carbocycles. The maximum atomic E-state index is 9.61. The van der Waals surface area contributed by atoms with Crippen LogP contribution in [0.2, 0.25) is 6.32 Å². The van der Waals surface area contributed by atoms with Gasteiger partial charge in [0.1, 0.15) is 0 Å². The van der Waals surface area contributed by atoms with Crippen LogP contribution in [0, 0.1) is 0 Å². The summed E-state index contributed by atoms with van der Waals surface area (Å²) in [5.74, 6) is 1.74. The van der Waals surface area contributed by atoms with Gasteiger partial charge in [-0.1, -0.05) is 0 Å². The lowest BCUT2D eigenvalue weighted by atomic mass is 9.79. The van der Waals surface area contributed by atoms with Gasteiger partial charge >= 0.3 is 7.12 Å². The smallest absolute Gasteiger partial charge is 0.454 e. The Morgan fingerprint density at radius 2 is 2.00 bits per heavy atom. The minimum Gasteiger partial charge on any atom is -0.493 e. The molecule has 2 heterocycles. The second-order valence-corrected chi connectivity index (χ2v) is 7.08. The SMILES string of the molecule is COc1ccc(-c2cc(C3COB(O)C3)ccn2)cc1OC1CCCC1. The van der Waals surface area contributed by atoms with Gasteiger partial charge in [-0.15, -0.1) is 0 Å². The number of nitrogens with zero attached hydrogens (tertiary/aromatic N) is 1. The molecule has 2 aromatic rings. The number of benzene rings is 1. The topological polar surface area (TPSA) is 60.8 Å². The molecule has 136 valence electrons. The molecule has 2 fully saturated rings. The number of methoxy groups -OCH3 is 1. The van der Waals surface area contributed by atoms with Crippen LogP contribution in [0.25, 0.3) is 11.3 Å². The second-order valence-electron chi connectivity index (χ2n) is 7.08. The molecule has 6 heteroatoms. The van der Waals surface area contributed by atoms with E-state index in [2.05, 4.69) is 11.1 Å². The highest BCUT2D eigenvalue weighted by Gasteiger charge is 2.30. The van der Waals surface area contributed by atoms with Gasteiger partial charge in [0.2, 0.25) is 0 Å². The van der Waals surface area contributed by atoms with E-state index in [1.807, 2.05) is 30.5 Å². The Balaban J connectivity index is 1.60. The fourth-order valence-corrected chi connectivity index (χ4v) is 3.81. The highest BCUT2D eigenvalue weighted by atomic mass is 16.5. The zero-order valence-corrected chi connectivity index (χ0v) is 15.1. The van der Waals surface area contributed by atoms with Gasteiger partial charge in [0.05, 0.1) is 18.9 Å². The summed E-state index contributed by atoms with van der Waals surface area (Å²) in [4.78, 5) is 4.53. The normalized spacial score (nSPS) is 20.5. The van der Waals surface area contributed by atoms with E-state index in [0.29, 0.717) is 12.9 Å². The van der Waals surface area contributed by atoms with E-state index in [4.69, 9.17) is 14.1 Å². The van der Waals surface area contributed by atoms with Crippen molar-refractivity contribution < 1.29 is 19.2 Å². The first-order chi connectivity index (χ1) is 12.7. The minimum absolute atomic E-state index is 0.208. The summed E-state index contributed by atoms with van der Waals surface area (Å²) in [5.41, 5.74) is 3.03. The quantitative estimate of drug-likeness (QED) is 0.831. The van der Waals surface area contributed by atoms with Gasteiger partial charge in [0.25, 0.3) is 0 Å². The predicted octanol–water partition coefficient (Wildman–Crippen LogP) is 3.67. The summed E-state index contributed by atoms with van der Waals surface area (Å²) in [7, 11) is 1.00. The lowest BCUT2D eigenvalue weighted by Gasteiger charge is -2.17. The maximum Gasteiger partial charge on any atom is 0.454 e. The predicted molar refractivity (Wildman–Crippen MR) is 101 cm³/mol. The second kappa shape index (κ2) is 7.68. The fraction of sp³-hybridized carbons (Fsp3) is 0.450. The van der Waals surface area contributed by atoms with Crippen molar-refractivity contribution >= 4 is 7.12 Å². The van der Waals surface area contributed by atoms with Gasteiger partial charge in [-0.05, 0) is 67.9 Å². The number of pyridine rings is 1. The third-order valence-electron chi connectivity index (χ3n) is 5.29. The van der Waals surface area contributed by atoms with Crippen LogP contribution in [0.1, 0.15) is 37.2 Å². The van der Waals surface area contributed by atoms with Gasteiger partial charge in [-0.25, -0.2) is 0 Å². The Bertz CT molecular complexity index is 763. The van der Waals surface area contributed by atoms with E-state index in [1.165, 1.54) is 12.8 Å². The molecule has 1 saturated carbocycles. The Morgan fingerprint density at radius 3 is 2.73 bits per heavy atom. The van der Waals surface area contributed by atoms with Crippen LogP contribution < -0.4 is 9.47 Å². The Kier molecular flexibility index (Phi) is 5.13. The molecule has 0 bridgehead atoms. The summed E-state index contributed by atoms with van der Waals surface area (Å²) in [6.45, 7) is 0.545. The molecule has 0 spiro atoms. The van der Waals surface area contributed by atoms with Gasteiger partial charge in [0, 0.05) is 24.3 Å². The van der Waals surface area contributed by atoms with E-state index in [0.717, 1.165) is 41.2 Å². The summed E-state index contributed by atoms with van der Waals surface area (Å²) in [6, 6.07) is 10.0. The highest BCUT2D eigenvalue weighted by Crippen LogP contribution is 2.36. The Morgan fingerprint density at radius 1 is 1.15 bits per heavy atom. The van der Waals surface area contributed by atoms with Crippen LogP contribution in [0.3, 0.4) is 0 Å². The van der Waals surface area contributed by atoms with Gasteiger partial charge in [-0.3, -0.25) is 4.98 Å². The van der Waals surface area contributed by atoms with Crippen molar-refractivity contribution in [3.63, 3.8) is 0 Å². The van der Waals surface area contributed by atoms with Crippen molar-refractivity contribution in [3.05, 3.63) is 42.1 Å². The van der Waals surface area contributed by atoms with E-state index in [-0.39, 0.29) is 12.0 Å². The van der Waals surface area contributed by atoms with E-state index >= 15 is 0 Å². The van der Waals surface area contributed by atoms with Gasteiger partial charge in [0.15, 0.2) is 11.5 Å². The first kappa shape index (κ1) is 17.4. The molecule has 4 rings (SSSR count). The van der Waals surface area contributed by atoms with E-state index in [1.54, 1.807) is 7.11 Å². The van der Waals surface area contributed by atoms with E-state index in [9.17, 15) is 5.02 Å². The standard InChI is InChI=1S/C20H24BNO4/c1-24-19-7-6-15(11-20(19)26-17-4-2-3-5-17)18-10-14(8-9-22-18)16-12-21(23)25-13-16/h6-11,16-17,23H,2-5,12-13H2,1H3. The van der Waals surface area contributed by atoms with Crippen molar-refractivity contribution in [2.75, 3.05) is 13.7 Å². The molecule has 5 nitrogen and oxygen atoms in total. The van der Waals surface area contributed by atoms with Crippen molar-refractivity contribution in [1.29, 1.82) is 0 Å². The van der Waals surface area contributed by atoms with Crippen LogP contribution in [0.4, 0.5) is 0 Å². The summed E-state index contributed by atoms with van der Waals surface area (Å²) in [6.07, 6.45) is 7.38. The molecule has 1 unspecified atom stereocenters. The third kappa shape index (κ3) is 3.71. The zero-order valence-electron chi connectivity index (χ0n) is 15.1. The lowest BCUT2D eigenvalue weighted by Crippen LogP contribution is -2.11. The summed E-state index contributed by atoms with van der Waals surface area (Å²) >= 11 is 0. The first-order valence-electron chi connectivity index (χ1n) is 9.33. The van der Waals surface area contributed by atoms with Crippen LogP contribution in [-0.4, -0.2) is 36.9 Å². The monoisotopic (exact) mass is 353 g/mol. The van der Waals surface area contributed by atoms with Crippen molar-refractivity contribution in [2.24, 2.45) is 0 Å². The average molecular weight is 353 g/mol. The zero-order chi connectivity index (χ0) is 17.9. The lowest BCUT2D eigenvalue weighted by molar-refractivity contribution is 0.201. The molecule has 1 aliphatic heterocycles. The molecule has 1 aromatic carbocycles. The molecule has 2 aliphatic rings. The Labute approximate surface area is 154 Å². The largest absolute Gasteiger partial charge is 0.493 e. The highest BCUT2D eigenvalue weighted by molar-refractivity contribution is 6.43. The minimum atomic E-state index is -0.663. The number of hydrogen-bond acceptors (Lipinski definition) is 5. The van der Waals surface area contributed by atoms with E-state index < -0.39 is 7.12 Å². The van der Waals surface area contributed by atoms with Crippen LogP contribution in [0.15, 0.2) is 36.5 Å². The van der Waals surface area contributed by atoms with Gasteiger partial charge in [-0.2, -0.15) is 0 Å². The van der Waals surface area contributed by atoms with Gasteiger partial charge < -0.3 is 19.2 Å². The molecular formula is C20H24BNO4. The summed E-state index contributed by atoms with van der Waals surface area (Å²) < 4.78 is 17.0. The van der Waals surface area contributed by atoms with Crippen molar-refractivity contribution in [3.8, 4) is 22.8 Å². The number of ether oxygens (including phenoxy) is 2. The molecule has 1 saturated heterocycles. The molecule has 0 amide bonds. The molecule has 1 aromatic heterocycles. The summed E-state index contributed by atoms with van der Waals surface area (Å²) in [5, 5.41) is 9.61. The third-order valence-corrected chi connectivity index (χ3v) is 5.29. The Hall–Kier alpha value is -2.05. The molecule has 1 atom stereocenters. The van der Waals surface area contributed by atoms with Crippen LogP contribution in [-0.2, 0) is 4.65 Å². The first-order valence-corrected chi connectivity index (χ1v) is 9.33. The number of hydrogen-bond donors (Lipinski definition) is 1. The molecule has 0 radical (unpaired) electrons. The van der Waals surface area contributed by atoms with Crippen molar-refractivity contribution in [1.82, 2.24) is 4.98 Å². The maximum absolute atomic E-state index is 9.61. The van der Waals surface area contributed by atoms with Crippen LogP contribution in [0.5, 0.6) is 11.5 Å². The fourth-order valence-electron chi connectivity index (χ4n) is 3.81. The number of aromatic nitrogens is 1. The van der Waals surface area contributed by atoms with Crippen molar-refractivity contribution in [2.45, 2.75) is 44.0 Å². The number of rotatable bonds is 5. The average Bonchev–Trinajstić information content (AvgIpc) is 3.33. The molecule has 1 N–H and O–H groups in total.